The second kappa shape index (κ2) is 6.40. The lowest BCUT2D eigenvalue weighted by atomic mass is 9.80. The van der Waals surface area contributed by atoms with Crippen LogP contribution >= 0.6 is 0 Å². The first kappa shape index (κ1) is 15.0. The van der Waals surface area contributed by atoms with E-state index in [4.69, 9.17) is 9.78 Å². The Morgan fingerprint density at radius 2 is 1.95 bits per heavy atom. The molecular weight excluding hydrogens is 252 g/mol. The summed E-state index contributed by atoms with van der Waals surface area (Å²) >= 11 is 0. The van der Waals surface area contributed by atoms with Crippen molar-refractivity contribution >= 4 is 5.97 Å². The molecule has 1 aromatic carbocycles. The molecule has 110 valence electrons. The molecule has 1 fully saturated rings. The molecule has 1 aliphatic carbocycles. The second-order valence-electron chi connectivity index (χ2n) is 6.09. The van der Waals surface area contributed by atoms with Gasteiger partial charge in [0, 0.05) is 0 Å². The standard InChI is InChI=1S/C17H24O3/c1-11-8-9-15(13(3)10-11)17(18)20-19-16-7-5-6-12(2)14(16)4/h8-10,12,14,16H,5-7H2,1-4H3. The zero-order chi connectivity index (χ0) is 14.7. The van der Waals surface area contributed by atoms with E-state index in [2.05, 4.69) is 13.8 Å². The van der Waals surface area contributed by atoms with E-state index >= 15 is 0 Å². The van der Waals surface area contributed by atoms with Gasteiger partial charge in [0.25, 0.3) is 0 Å². The van der Waals surface area contributed by atoms with Gasteiger partial charge in [-0.1, -0.05) is 44.4 Å². The smallest absolute Gasteiger partial charge is 0.293 e. The molecule has 0 spiro atoms. The third kappa shape index (κ3) is 3.40. The summed E-state index contributed by atoms with van der Waals surface area (Å²) in [6.45, 7) is 8.31. The van der Waals surface area contributed by atoms with Crippen LogP contribution in [0.4, 0.5) is 0 Å². The maximum Gasteiger partial charge on any atom is 0.373 e. The van der Waals surface area contributed by atoms with Gasteiger partial charge >= 0.3 is 5.97 Å². The van der Waals surface area contributed by atoms with E-state index in [9.17, 15) is 4.79 Å². The Bertz CT molecular complexity index is 481. The summed E-state index contributed by atoms with van der Waals surface area (Å²) in [7, 11) is 0. The highest BCUT2D eigenvalue weighted by Crippen LogP contribution is 2.31. The van der Waals surface area contributed by atoms with Gasteiger partial charge in [0.1, 0.15) is 6.10 Å². The maximum atomic E-state index is 12.1. The minimum atomic E-state index is -0.395. The SMILES string of the molecule is Cc1ccc(C(=O)OOC2CCCC(C)C2C)c(C)c1. The van der Waals surface area contributed by atoms with E-state index in [1.165, 1.54) is 6.42 Å². The van der Waals surface area contributed by atoms with E-state index < -0.39 is 5.97 Å². The molecule has 0 amide bonds. The van der Waals surface area contributed by atoms with E-state index in [0.717, 1.165) is 24.0 Å². The van der Waals surface area contributed by atoms with Crippen molar-refractivity contribution in [3.63, 3.8) is 0 Å². The van der Waals surface area contributed by atoms with Crippen molar-refractivity contribution in [3.8, 4) is 0 Å². The molecule has 3 nitrogen and oxygen atoms in total. The van der Waals surface area contributed by atoms with E-state index in [-0.39, 0.29) is 6.10 Å². The van der Waals surface area contributed by atoms with Crippen LogP contribution in [0.1, 0.15) is 54.6 Å². The van der Waals surface area contributed by atoms with Crippen molar-refractivity contribution in [2.75, 3.05) is 0 Å². The maximum absolute atomic E-state index is 12.1. The molecule has 2 rings (SSSR count). The minimum Gasteiger partial charge on any atom is -0.293 e. The zero-order valence-corrected chi connectivity index (χ0v) is 12.8. The van der Waals surface area contributed by atoms with Crippen LogP contribution in [0.5, 0.6) is 0 Å². The van der Waals surface area contributed by atoms with E-state index in [1.807, 2.05) is 26.0 Å². The van der Waals surface area contributed by atoms with Crippen molar-refractivity contribution < 1.29 is 14.6 Å². The molecular formula is C17H24O3. The summed E-state index contributed by atoms with van der Waals surface area (Å²) in [6, 6.07) is 5.68. The predicted molar refractivity (Wildman–Crippen MR) is 78.4 cm³/mol. The average molecular weight is 276 g/mol. The molecule has 0 aliphatic heterocycles. The number of benzene rings is 1. The second-order valence-corrected chi connectivity index (χ2v) is 6.09. The van der Waals surface area contributed by atoms with E-state index in [1.54, 1.807) is 6.07 Å². The Kier molecular flexibility index (Phi) is 4.81. The fraction of sp³-hybridized carbons (Fsp3) is 0.588. The van der Waals surface area contributed by atoms with Crippen molar-refractivity contribution in [3.05, 3.63) is 34.9 Å². The molecule has 3 atom stereocenters. The van der Waals surface area contributed by atoms with Crippen LogP contribution in [0.25, 0.3) is 0 Å². The molecule has 0 radical (unpaired) electrons. The van der Waals surface area contributed by atoms with Gasteiger partial charge in [0.15, 0.2) is 0 Å². The molecule has 20 heavy (non-hydrogen) atoms. The van der Waals surface area contributed by atoms with Crippen molar-refractivity contribution in [2.24, 2.45) is 11.8 Å². The van der Waals surface area contributed by atoms with Gasteiger partial charge < -0.3 is 0 Å². The normalized spacial score (nSPS) is 26.3. The molecule has 1 aliphatic rings. The van der Waals surface area contributed by atoms with Gasteiger partial charge in [-0.2, -0.15) is 4.89 Å². The lowest BCUT2D eigenvalue weighted by molar-refractivity contribution is -0.292. The third-order valence-electron chi connectivity index (χ3n) is 4.48. The first-order chi connectivity index (χ1) is 9.49. The third-order valence-corrected chi connectivity index (χ3v) is 4.48. The summed E-state index contributed by atoms with van der Waals surface area (Å²) in [5, 5.41) is 0. The Morgan fingerprint density at radius 1 is 1.20 bits per heavy atom. The molecule has 3 unspecified atom stereocenters. The van der Waals surface area contributed by atoms with Crippen LogP contribution < -0.4 is 0 Å². The van der Waals surface area contributed by atoms with Gasteiger partial charge in [0.2, 0.25) is 0 Å². The lowest BCUT2D eigenvalue weighted by Crippen LogP contribution is -2.32. The molecule has 1 saturated carbocycles. The van der Waals surface area contributed by atoms with Gasteiger partial charge in [0.05, 0.1) is 5.56 Å². The summed E-state index contributed by atoms with van der Waals surface area (Å²) in [5.41, 5.74) is 2.63. The number of hydrogen-bond donors (Lipinski definition) is 0. The Balaban J connectivity index is 1.95. The Morgan fingerprint density at radius 3 is 2.65 bits per heavy atom. The molecule has 1 aromatic rings. The Hall–Kier alpha value is -1.35. The van der Waals surface area contributed by atoms with E-state index in [0.29, 0.717) is 17.4 Å². The fourth-order valence-electron chi connectivity index (χ4n) is 2.86. The topological polar surface area (TPSA) is 35.5 Å². The highest BCUT2D eigenvalue weighted by Gasteiger charge is 2.29. The summed E-state index contributed by atoms with van der Waals surface area (Å²) in [5.74, 6) is 0.650. The summed E-state index contributed by atoms with van der Waals surface area (Å²) in [4.78, 5) is 22.5. The lowest BCUT2D eigenvalue weighted by Gasteiger charge is -2.32. The number of aryl methyl sites for hydroxylation is 2. The van der Waals surface area contributed by atoms with Gasteiger partial charge in [-0.25, -0.2) is 4.79 Å². The molecule has 0 N–H and O–H groups in total. The first-order valence-corrected chi connectivity index (χ1v) is 7.44. The number of carbonyl (C=O) groups excluding carboxylic acids is 1. The van der Waals surface area contributed by atoms with Crippen LogP contribution in [-0.4, -0.2) is 12.1 Å². The van der Waals surface area contributed by atoms with Gasteiger partial charge in [-0.15, -0.1) is 0 Å². The van der Waals surface area contributed by atoms with Crippen LogP contribution in [0.3, 0.4) is 0 Å². The fourth-order valence-corrected chi connectivity index (χ4v) is 2.86. The number of rotatable bonds is 3. The summed E-state index contributed by atoms with van der Waals surface area (Å²) < 4.78 is 0. The molecule has 0 heterocycles. The number of hydrogen-bond acceptors (Lipinski definition) is 3. The Labute approximate surface area is 121 Å². The summed E-state index contributed by atoms with van der Waals surface area (Å²) in [6.07, 6.45) is 3.35. The molecule has 0 bridgehead atoms. The zero-order valence-electron chi connectivity index (χ0n) is 12.8. The highest BCUT2D eigenvalue weighted by atomic mass is 17.2. The quantitative estimate of drug-likeness (QED) is 0.612. The minimum absolute atomic E-state index is 0.0217. The predicted octanol–water partition coefficient (Wildman–Crippen LogP) is 4.22. The van der Waals surface area contributed by atoms with Gasteiger partial charge in [-0.05, 0) is 43.7 Å². The van der Waals surface area contributed by atoms with Crippen molar-refractivity contribution in [1.82, 2.24) is 0 Å². The molecule has 0 aromatic heterocycles. The highest BCUT2D eigenvalue weighted by molar-refractivity contribution is 5.90. The molecule has 3 heteroatoms. The average Bonchev–Trinajstić information content (AvgIpc) is 2.40. The van der Waals surface area contributed by atoms with Crippen LogP contribution in [-0.2, 0) is 9.78 Å². The van der Waals surface area contributed by atoms with Gasteiger partial charge in [-0.3, -0.25) is 4.89 Å². The molecule has 0 saturated heterocycles. The van der Waals surface area contributed by atoms with Crippen LogP contribution in [0.15, 0.2) is 18.2 Å². The number of carbonyl (C=O) groups is 1. The van der Waals surface area contributed by atoms with Crippen molar-refractivity contribution in [2.45, 2.75) is 53.1 Å². The van der Waals surface area contributed by atoms with Crippen LogP contribution in [0.2, 0.25) is 0 Å². The first-order valence-electron chi connectivity index (χ1n) is 7.44. The largest absolute Gasteiger partial charge is 0.373 e. The van der Waals surface area contributed by atoms with Crippen molar-refractivity contribution in [1.29, 1.82) is 0 Å². The monoisotopic (exact) mass is 276 g/mol. The van der Waals surface area contributed by atoms with Crippen LogP contribution in [0, 0.1) is 25.7 Å².